The predicted octanol–water partition coefficient (Wildman–Crippen LogP) is 1.79. The summed E-state index contributed by atoms with van der Waals surface area (Å²) < 4.78 is 26.0. The molecule has 0 aliphatic rings. The molecular formula is C13H19NO4S. The first-order chi connectivity index (χ1) is 8.66. The zero-order chi connectivity index (χ0) is 14.8. The van der Waals surface area contributed by atoms with Crippen LogP contribution in [-0.4, -0.2) is 36.4 Å². The van der Waals surface area contributed by atoms with Crippen molar-refractivity contribution < 1.29 is 18.3 Å². The van der Waals surface area contributed by atoms with Gasteiger partial charge in [0.1, 0.15) is 6.54 Å². The van der Waals surface area contributed by atoms with Crippen molar-refractivity contribution in [2.45, 2.75) is 38.6 Å². The van der Waals surface area contributed by atoms with Crippen LogP contribution < -0.4 is 0 Å². The van der Waals surface area contributed by atoms with Crippen LogP contribution in [-0.2, 0) is 14.8 Å². The highest BCUT2D eigenvalue weighted by Crippen LogP contribution is 2.22. The molecule has 0 unspecified atom stereocenters. The maximum absolute atomic E-state index is 12.5. The number of nitrogens with zero attached hydrogens (tertiary/aromatic N) is 1. The summed E-state index contributed by atoms with van der Waals surface area (Å²) in [6.45, 7) is 6.36. The van der Waals surface area contributed by atoms with Crippen LogP contribution in [0.4, 0.5) is 0 Å². The molecule has 0 saturated carbocycles. The van der Waals surface area contributed by atoms with Crippen LogP contribution in [0.3, 0.4) is 0 Å². The van der Waals surface area contributed by atoms with Crippen LogP contribution in [0.5, 0.6) is 0 Å². The van der Waals surface area contributed by atoms with E-state index in [1.807, 2.05) is 6.92 Å². The molecule has 0 aliphatic carbocycles. The smallest absolute Gasteiger partial charge is 0.318 e. The lowest BCUT2D eigenvalue weighted by Gasteiger charge is -2.25. The number of carbonyl (C=O) groups is 1. The molecule has 1 rings (SSSR count). The number of hydrogen-bond acceptors (Lipinski definition) is 3. The van der Waals surface area contributed by atoms with Crippen molar-refractivity contribution in [1.82, 2.24) is 4.31 Å². The van der Waals surface area contributed by atoms with Crippen LogP contribution in [0.2, 0.25) is 0 Å². The van der Waals surface area contributed by atoms with Crippen LogP contribution >= 0.6 is 0 Å². The Balaban J connectivity index is 3.30. The molecule has 1 aromatic carbocycles. The molecule has 0 amide bonds. The monoisotopic (exact) mass is 285 g/mol. The van der Waals surface area contributed by atoms with Crippen LogP contribution in [0.1, 0.15) is 25.0 Å². The number of carboxylic acid groups (broad SMARTS) is 1. The van der Waals surface area contributed by atoms with Gasteiger partial charge in [-0.2, -0.15) is 4.31 Å². The van der Waals surface area contributed by atoms with Gasteiger partial charge in [0.05, 0.1) is 4.90 Å². The van der Waals surface area contributed by atoms with Crippen molar-refractivity contribution in [1.29, 1.82) is 0 Å². The van der Waals surface area contributed by atoms with E-state index in [-0.39, 0.29) is 4.90 Å². The lowest BCUT2D eigenvalue weighted by atomic mass is 10.2. The molecule has 0 aliphatic heterocycles. The second-order valence-corrected chi connectivity index (χ2v) is 6.67. The van der Waals surface area contributed by atoms with Gasteiger partial charge in [-0.05, 0) is 39.3 Å². The SMILES string of the molecule is Cc1ccc(S(=O)(=O)N(CC(=O)O)C(C)C)c(C)c1. The van der Waals surface area contributed by atoms with E-state index in [1.165, 1.54) is 6.07 Å². The standard InChI is InChI=1S/C13H19NO4S/c1-9(2)14(8-13(15)16)19(17,18)12-6-5-10(3)7-11(12)4/h5-7,9H,8H2,1-4H3,(H,15,16). The van der Waals surface area contributed by atoms with Gasteiger partial charge < -0.3 is 5.11 Å². The summed E-state index contributed by atoms with van der Waals surface area (Å²) >= 11 is 0. The van der Waals surface area contributed by atoms with Gasteiger partial charge in [0.25, 0.3) is 0 Å². The molecular weight excluding hydrogens is 266 g/mol. The van der Waals surface area contributed by atoms with Gasteiger partial charge >= 0.3 is 5.97 Å². The Morgan fingerprint density at radius 2 is 1.89 bits per heavy atom. The topological polar surface area (TPSA) is 74.7 Å². The Hall–Kier alpha value is -1.40. The number of aryl methyl sites for hydroxylation is 2. The van der Waals surface area contributed by atoms with E-state index < -0.39 is 28.6 Å². The molecule has 0 radical (unpaired) electrons. The average molecular weight is 285 g/mol. The Labute approximate surface area is 113 Å². The first-order valence-electron chi connectivity index (χ1n) is 5.97. The normalized spacial score (nSPS) is 12.1. The maximum atomic E-state index is 12.5. The highest BCUT2D eigenvalue weighted by Gasteiger charge is 2.29. The first kappa shape index (κ1) is 15.7. The lowest BCUT2D eigenvalue weighted by Crippen LogP contribution is -2.40. The van der Waals surface area contributed by atoms with Crippen molar-refractivity contribution in [3.63, 3.8) is 0 Å². The minimum atomic E-state index is -3.79. The van der Waals surface area contributed by atoms with Crippen LogP contribution in [0.25, 0.3) is 0 Å². The van der Waals surface area contributed by atoms with E-state index in [4.69, 9.17) is 5.11 Å². The molecule has 0 bridgehead atoms. The van der Waals surface area contributed by atoms with E-state index in [1.54, 1.807) is 32.9 Å². The molecule has 1 N–H and O–H groups in total. The molecule has 19 heavy (non-hydrogen) atoms. The Morgan fingerprint density at radius 1 is 1.32 bits per heavy atom. The number of carboxylic acids is 1. The Bertz CT molecular complexity index is 578. The van der Waals surface area contributed by atoms with E-state index in [0.717, 1.165) is 9.87 Å². The molecule has 5 nitrogen and oxygen atoms in total. The summed E-state index contributed by atoms with van der Waals surface area (Å²) in [4.78, 5) is 11.0. The third-order valence-electron chi connectivity index (χ3n) is 2.78. The fourth-order valence-electron chi connectivity index (χ4n) is 1.89. The van der Waals surface area contributed by atoms with Gasteiger partial charge in [0.15, 0.2) is 0 Å². The van der Waals surface area contributed by atoms with Gasteiger partial charge in [0, 0.05) is 6.04 Å². The average Bonchev–Trinajstić information content (AvgIpc) is 2.24. The van der Waals surface area contributed by atoms with Crippen molar-refractivity contribution >= 4 is 16.0 Å². The molecule has 0 fully saturated rings. The van der Waals surface area contributed by atoms with Gasteiger partial charge in [-0.25, -0.2) is 8.42 Å². The summed E-state index contributed by atoms with van der Waals surface area (Å²) in [6, 6.07) is 4.59. The van der Waals surface area contributed by atoms with Gasteiger partial charge in [-0.15, -0.1) is 0 Å². The zero-order valence-electron chi connectivity index (χ0n) is 11.5. The maximum Gasteiger partial charge on any atom is 0.318 e. The lowest BCUT2D eigenvalue weighted by molar-refractivity contribution is -0.137. The molecule has 0 heterocycles. The molecule has 0 saturated heterocycles. The molecule has 6 heteroatoms. The molecule has 106 valence electrons. The molecule has 0 atom stereocenters. The van der Waals surface area contributed by atoms with Crippen molar-refractivity contribution in [3.8, 4) is 0 Å². The van der Waals surface area contributed by atoms with Crippen molar-refractivity contribution in [2.24, 2.45) is 0 Å². The van der Waals surface area contributed by atoms with Crippen molar-refractivity contribution in [3.05, 3.63) is 29.3 Å². The number of hydrogen-bond donors (Lipinski definition) is 1. The summed E-state index contributed by atoms with van der Waals surface area (Å²) in [5.41, 5.74) is 1.59. The first-order valence-corrected chi connectivity index (χ1v) is 7.41. The summed E-state index contributed by atoms with van der Waals surface area (Å²) in [5, 5.41) is 8.85. The third-order valence-corrected chi connectivity index (χ3v) is 4.97. The highest BCUT2D eigenvalue weighted by molar-refractivity contribution is 7.89. The number of aliphatic carboxylic acids is 1. The second kappa shape index (κ2) is 5.71. The van der Waals surface area contributed by atoms with Gasteiger partial charge in [0.2, 0.25) is 10.0 Å². The minimum Gasteiger partial charge on any atom is -0.480 e. The van der Waals surface area contributed by atoms with Crippen LogP contribution in [0.15, 0.2) is 23.1 Å². The Morgan fingerprint density at radius 3 is 2.32 bits per heavy atom. The van der Waals surface area contributed by atoms with E-state index in [9.17, 15) is 13.2 Å². The summed E-state index contributed by atoms with van der Waals surface area (Å²) in [5.74, 6) is -1.16. The van der Waals surface area contributed by atoms with E-state index in [2.05, 4.69) is 0 Å². The quantitative estimate of drug-likeness (QED) is 0.895. The fraction of sp³-hybridized carbons (Fsp3) is 0.462. The second-order valence-electron chi connectivity index (χ2n) is 4.81. The van der Waals surface area contributed by atoms with Gasteiger partial charge in [-0.1, -0.05) is 17.7 Å². The minimum absolute atomic E-state index is 0.160. The zero-order valence-corrected chi connectivity index (χ0v) is 12.4. The van der Waals surface area contributed by atoms with Crippen molar-refractivity contribution in [2.75, 3.05) is 6.54 Å². The largest absolute Gasteiger partial charge is 0.480 e. The third kappa shape index (κ3) is 3.54. The van der Waals surface area contributed by atoms with Crippen LogP contribution in [0, 0.1) is 13.8 Å². The molecule has 1 aromatic rings. The number of benzene rings is 1. The number of rotatable bonds is 5. The summed E-state index contributed by atoms with van der Waals surface area (Å²) in [7, 11) is -3.79. The highest BCUT2D eigenvalue weighted by atomic mass is 32.2. The summed E-state index contributed by atoms with van der Waals surface area (Å²) in [6.07, 6.45) is 0. The van der Waals surface area contributed by atoms with E-state index in [0.29, 0.717) is 5.56 Å². The fourth-order valence-corrected chi connectivity index (χ4v) is 3.69. The number of sulfonamides is 1. The molecule has 0 aromatic heterocycles. The Kier molecular flexibility index (Phi) is 4.70. The van der Waals surface area contributed by atoms with Gasteiger partial charge in [-0.3, -0.25) is 4.79 Å². The van der Waals surface area contributed by atoms with E-state index >= 15 is 0 Å². The predicted molar refractivity (Wildman–Crippen MR) is 72.6 cm³/mol. The molecule has 0 spiro atoms.